The molecule has 1 unspecified atom stereocenters. The first-order valence-electron chi connectivity index (χ1n) is 6.84. The Balaban J connectivity index is 1.85. The lowest BCUT2D eigenvalue weighted by atomic mass is 10.0. The summed E-state index contributed by atoms with van der Waals surface area (Å²) in [5, 5.41) is 0.767. The van der Waals surface area contributed by atoms with Gasteiger partial charge in [0.1, 0.15) is 0 Å². The van der Waals surface area contributed by atoms with Crippen molar-refractivity contribution in [3.63, 3.8) is 0 Å². The lowest BCUT2D eigenvalue weighted by molar-refractivity contribution is 0.251. The minimum absolute atomic E-state index is 0.0800. The molecule has 0 spiro atoms. The van der Waals surface area contributed by atoms with Crippen LogP contribution in [0.2, 0.25) is 5.02 Å². The van der Waals surface area contributed by atoms with E-state index in [1.807, 2.05) is 18.2 Å². The van der Waals surface area contributed by atoms with E-state index in [0.29, 0.717) is 4.75 Å². The molecular weight excluding hydrogens is 276 g/mol. The van der Waals surface area contributed by atoms with E-state index in [1.54, 1.807) is 0 Å². The lowest BCUT2D eigenvalue weighted by Gasteiger charge is -2.37. The molecule has 4 heteroatoms. The second kappa shape index (κ2) is 6.49. The summed E-state index contributed by atoms with van der Waals surface area (Å²) in [4.78, 5) is 2.53. The summed E-state index contributed by atoms with van der Waals surface area (Å²) in [5.41, 5.74) is 7.40. The lowest BCUT2D eigenvalue weighted by Crippen LogP contribution is -2.43. The topological polar surface area (TPSA) is 29.3 Å². The van der Waals surface area contributed by atoms with Crippen molar-refractivity contribution in [3.8, 4) is 0 Å². The maximum absolute atomic E-state index is 6.26. The van der Waals surface area contributed by atoms with Crippen molar-refractivity contribution in [1.29, 1.82) is 0 Å². The number of nitrogens with zero attached hydrogens (tertiary/aromatic N) is 1. The van der Waals surface area contributed by atoms with Crippen LogP contribution in [0.1, 0.15) is 31.9 Å². The summed E-state index contributed by atoms with van der Waals surface area (Å²) in [6.45, 7) is 8.04. The Morgan fingerprint density at radius 1 is 1.47 bits per heavy atom. The molecule has 0 amide bonds. The van der Waals surface area contributed by atoms with E-state index < -0.39 is 0 Å². The van der Waals surface area contributed by atoms with E-state index in [2.05, 4.69) is 36.6 Å². The van der Waals surface area contributed by atoms with Crippen molar-refractivity contribution < 1.29 is 0 Å². The maximum atomic E-state index is 6.26. The van der Waals surface area contributed by atoms with E-state index in [-0.39, 0.29) is 6.04 Å². The third-order valence-electron chi connectivity index (χ3n) is 3.54. The fraction of sp³-hybridized carbons (Fsp3) is 0.600. The van der Waals surface area contributed by atoms with Crippen LogP contribution in [0.5, 0.6) is 0 Å². The fourth-order valence-corrected chi connectivity index (χ4v) is 3.91. The van der Waals surface area contributed by atoms with Gasteiger partial charge < -0.3 is 10.6 Å². The van der Waals surface area contributed by atoms with Crippen LogP contribution in [0.4, 0.5) is 0 Å². The first kappa shape index (κ1) is 15.2. The predicted molar refractivity (Wildman–Crippen MR) is 86.0 cm³/mol. The minimum atomic E-state index is 0.0800. The van der Waals surface area contributed by atoms with Crippen molar-refractivity contribution in [2.75, 3.05) is 25.4 Å². The van der Waals surface area contributed by atoms with Gasteiger partial charge in [0.2, 0.25) is 0 Å². The Morgan fingerprint density at radius 2 is 2.26 bits per heavy atom. The number of hydrogen-bond acceptors (Lipinski definition) is 3. The first-order valence-corrected chi connectivity index (χ1v) is 8.20. The molecule has 0 bridgehead atoms. The molecule has 1 heterocycles. The summed E-state index contributed by atoms with van der Waals surface area (Å²) in [7, 11) is 0. The number of hydrogen-bond donors (Lipinski definition) is 1. The van der Waals surface area contributed by atoms with Crippen LogP contribution < -0.4 is 5.73 Å². The zero-order valence-corrected chi connectivity index (χ0v) is 13.3. The van der Waals surface area contributed by atoms with Crippen LogP contribution in [0.15, 0.2) is 24.3 Å². The molecule has 1 aliphatic heterocycles. The van der Waals surface area contributed by atoms with Gasteiger partial charge in [-0.25, -0.2) is 0 Å². The maximum Gasteiger partial charge on any atom is 0.0409 e. The summed E-state index contributed by atoms with van der Waals surface area (Å²) in [5.74, 6) is 1.22. The molecule has 19 heavy (non-hydrogen) atoms. The average molecular weight is 299 g/mol. The van der Waals surface area contributed by atoms with Crippen molar-refractivity contribution in [2.24, 2.45) is 5.73 Å². The molecule has 1 saturated heterocycles. The largest absolute Gasteiger partial charge is 0.324 e. The van der Waals surface area contributed by atoms with Crippen molar-refractivity contribution in [1.82, 2.24) is 4.90 Å². The zero-order valence-electron chi connectivity index (χ0n) is 11.7. The van der Waals surface area contributed by atoms with E-state index in [0.717, 1.165) is 30.1 Å². The van der Waals surface area contributed by atoms with Gasteiger partial charge in [-0.15, -0.1) is 0 Å². The van der Waals surface area contributed by atoms with Crippen molar-refractivity contribution in [2.45, 2.75) is 31.1 Å². The Hall–Kier alpha value is -0.220. The number of rotatable bonds is 4. The quantitative estimate of drug-likeness (QED) is 0.921. The molecule has 1 aromatic rings. The van der Waals surface area contributed by atoms with Gasteiger partial charge in [-0.2, -0.15) is 11.8 Å². The predicted octanol–water partition coefficient (Wildman–Crippen LogP) is 3.56. The molecule has 0 aliphatic carbocycles. The van der Waals surface area contributed by atoms with Crippen LogP contribution in [0.25, 0.3) is 0 Å². The minimum Gasteiger partial charge on any atom is -0.324 e. The van der Waals surface area contributed by atoms with E-state index >= 15 is 0 Å². The zero-order chi connectivity index (χ0) is 13.9. The van der Waals surface area contributed by atoms with E-state index in [9.17, 15) is 0 Å². The molecule has 106 valence electrons. The monoisotopic (exact) mass is 298 g/mol. The van der Waals surface area contributed by atoms with Crippen molar-refractivity contribution >= 4 is 23.4 Å². The van der Waals surface area contributed by atoms with Gasteiger partial charge in [-0.3, -0.25) is 0 Å². The van der Waals surface area contributed by atoms with Gasteiger partial charge in [0, 0.05) is 41.2 Å². The molecule has 0 saturated carbocycles. The molecule has 0 radical (unpaired) electrons. The summed E-state index contributed by atoms with van der Waals surface area (Å²) in [6.07, 6.45) is 0.987. The van der Waals surface area contributed by atoms with Crippen LogP contribution in [-0.4, -0.2) is 35.0 Å². The molecule has 1 fully saturated rings. The van der Waals surface area contributed by atoms with Gasteiger partial charge in [0.25, 0.3) is 0 Å². The number of nitrogens with two attached hydrogens (primary N) is 1. The van der Waals surface area contributed by atoms with Gasteiger partial charge in [0.05, 0.1) is 0 Å². The molecule has 2 nitrogen and oxygen atoms in total. The number of benzene rings is 1. The number of thioether (sulfide) groups is 1. The highest BCUT2D eigenvalue weighted by molar-refractivity contribution is 8.00. The average Bonchev–Trinajstić information content (AvgIpc) is 2.35. The van der Waals surface area contributed by atoms with Crippen LogP contribution >= 0.6 is 23.4 Å². The molecule has 1 atom stereocenters. The molecule has 1 aliphatic rings. The molecular formula is C15H23ClN2S. The second-order valence-electron chi connectivity index (χ2n) is 5.83. The van der Waals surface area contributed by atoms with E-state index in [4.69, 9.17) is 17.3 Å². The highest BCUT2D eigenvalue weighted by atomic mass is 35.5. The number of halogens is 1. The van der Waals surface area contributed by atoms with Gasteiger partial charge in [0.15, 0.2) is 0 Å². The first-order chi connectivity index (χ1) is 8.96. The van der Waals surface area contributed by atoms with Crippen molar-refractivity contribution in [3.05, 3.63) is 34.9 Å². The van der Waals surface area contributed by atoms with Crippen LogP contribution in [0.3, 0.4) is 0 Å². The Kier molecular flexibility index (Phi) is 5.18. The standard InChI is InChI=1S/C15H23ClN2S/c1-15(2)11-18(8-9-19-15)7-6-14(17)12-4-3-5-13(16)10-12/h3-5,10,14H,6-9,11,17H2,1-2H3. The summed E-state index contributed by atoms with van der Waals surface area (Å²) >= 11 is 8.07. The van der Waals surface area contributed by atoms with Crippen LogP contribution in [0, 0.1) is 0 Å². The third kappa shape index (κ3) is 4.67. The Bertz CT molecular complexity index is 422. The Morgan fingerprint density at radius 3 is 2.95 bits per heavy atom. The second-order valence-corrected chi connectivity index (χ2v) is 8.07. The smallest absolute Gasteiger partial charge is 0.0409 e. The summed E-state index contributed by atoms with van der Waals surface area (Å²) < 4.78 is 0.373. The molecule has 2 rings (SSSR count). The third-order valence-corrected chi connectivity index (χ3v) is 5.07. The SMILES string of the molecule is CC1(C)CN(CCC(N)c2cccc(Cl)c2)CCS1. The van der Waals surface area contributed by atoms with Gasteiger partial charge in [-0.05, 0) is 38.0 Å². The fourth-order valence-electron chi connectivity index (χ4n) is 2.53. The summed E-state index contributed by atoms with van der Waals surface area (Å²) in [6, 6.07) is 7.98. The Labute approximate surface area is 125 Å². The molecule has 1 aromatic carbocycles. The van der Waals surface area contributed by atoms with E-state index in [1.165, 1.54) is 12.3 Å². The van der Waals surface area contributed by atoms with Gasteiger partial charge in [-0.1, -0.05) is 23.7 Å². The molecule has 0 aromatic heterocycles. The van der Waals surface area contributed by atoms with Gasteiger partial charge >= 0.3 is 0 Å². The molecule has 2 N–H and O–H groups in total. The highest BCUT2D eigenvalue weighted by Gasteiger charge is 2.26. The normalized spacial score (nSPS) is 21.3. The van der Waals surface area contributed by atoms with Crippen LogP contribution in [-0.2, 0) is 0 Å². The highest BCUT2D eigenvalue weighted by Crippen LogP contribution is 2.30.